The summed E-state index contributed by atoms with van der Waals surface area (Å²) in [6, 6.07) is 26.3. The van der Waals surface area contributed by atoms with E-state index < -0.39 is 22.7 Å². The second-order valence-corrected chi connectivity index (χ2v) is 16.4. The number of esters is 2. The van der Waals surface area contributed by atoms with Crippen LogP contribution in [0.4, 0.5) is 10.1 Å². The molecule has 1 unspecified atom stereocenters. The van der Waals surface area contributed by atoms with Crippen molar-refractivity contribution >= 4 is 29.3 Å². The molecule has 0 saturated carbocycles. The monoisotopic (exact) mass is 931 g/mol. The van der Waals surface area contributed by atoms with Crippen molar-refractivity contribution in [2.24, 2.45) is 23.7 Å². The molecular weight excluding hydrogens is 884 g/mol. The maximum atomic E-state index is 16.4. The standard InChI is InChI=1S/C46H47FN3O9.HI/c1-28(2)39-41-29(3)36(42(48(41)44(39)52)46(54)59-45(53)33-15-17-34(18-16-33)49(55)56)25-50(4)22-21-32(24-50)23-37(51)35-19-20-38(57-26-30-11-7-5-8-12-30)43(40(35)47)58-27-31-13-9-6-10-14-31;/h5-20,28-29,32,39,41H,21-27H2,1-4H3;1H/q+1;/p-1/t29-,32-,39+,41+,50?;/m0./s1. The molecule has 12 nitrogen and oxygen atoms in total. The van der Waals surface area contributed by atoms with E-state index in [1.807, 2.05) is 88.5 Å². The van der Waals surface area contributed by atoms with Crippen molar-refractivity contribution in [3.63, 3.8) is 0 Å². The molecule has 2 saturated heterocycles. The first-order valence-corrected chi connectivity index (χ1v) is 19.8. The highest BCUT2D eigenvalue weighted by molar-refractivity contribution is 6.06. The Morgan fingerprint density at radius 2 is 1.52 bits per heavy atom. The molecule has 4 aromatic rings. The molecule has 0 bridgehead atoms. The maximum absolute atomic E-state index is 16.4. The maximum Gasteiger partial charge on any atom is 0.363 e. The van der Waals surface area contributed by atoms with Crippen LogP contribution in [0.25, 0.3) is 0 Å². The minimum Gasteiger partial charge on any atom is -1.00 e. The van der Waals surface area contributed by atoms with Gasteiger partial charge in [0.15, 0.2) is 23.1 Å². The van der Waals surface area contributed by atoms with Crippen LogP contribution in [0.15, 0.2) is 108 Å². The Bertz CT molecular complexity index is 2300. The Kier molecular flexibility index (Phi) is 13.5. The van der Waals surface area contributed by atoms with Crippen molar-refractivity contribution in [3.05, 3.63) is 147 Å². The van der Waals surface area contributed by atoms with E-state index >= 15 is 4.39 Å². The number of nitro groups is 1. The number of nitrogens with zero attached hydrogens (tertiary/aromatic N) is 3. The lowest BCUT2D eigenvalue weighted by molar-refractivity contribution is -0.894. The summed E-state index contributed by atoms with van der Waals surface area (Å²) in [6.07, 6.45) is 0.753. The van der Waals surface area contributed by atoms with Crippen LogP contribution in [0.2, 0.25) is 0 Å². The number of nitro benzene ring substituents is 1. The van der Waals surface area contributed by atoms with Gasteiger partial charge in [-0.15, -0.1) is 0 Å². The number of quaternary nitrogens is 1. The van der Waals surface area contributed by atoms with Gasteiger partial charge in [0.25, 0.3) is 5.69 Å². The number of ketones is 1. The van der Waals surface area contributed by atoms with E-state index in [1.165, 1.54) is 23.1 Å². The number of non-ortho nitro benzene ring substituents is 1. The molecule has 3 heterocycles. The van der Waals surface area contributed by atoms with Gasteiger partial charge < -0.3 is 47.6 Å². The van der Waals surface area contributed by atoms with Gasteiger partial charge in [0.2, 0.25) is 5.91 Å². The molecule has 60 heavy (non-hydrogen) atoms. The second-order valence-electron chi connectivity index (χ2n) is 16.4. The molecule has 1 amide bonds. The third-order valence-electron chi connectivity index (χ3n) is 11.8. The molecule has 2 fully saturated rings. The van der Waals surface area contributed by atoms with Crippen molar-refractivity contribution < 1.29 is 71.2 Å². The number of hydrogen-bond donors (Lipinski definition) is 0. The Balaban J connectivity index is 0.00000604. The fraction of sp³-hybridized carbons (Fsp3) is 0.348. The molecule has 3 aliphatic rings. The van der Waals surface area contributed by atoms with Crippen LogP contribution in [0, 0.1) is 39.6 Å². The third-order valence-corrected chi connectivity index (χ3v) is 11.8. The van der Waals surface area contributed by atoms with E-state index in [9.17, 15) is 29.3 Å². The fourth-order valence-electron chi connectivity index (χ4n) is 8.80. The van der Waals surface area contributed by atoms with Gasteiger partial charge in [-0.2, -0.15) is 0 Å². The third kappa shape index (κ3) is 9.14. The van der Waals surface area contributed by atoms with Gasteiger partial charge in [-0.1, -0.05) is 81.4 Å². The summed E-state index contributed by atoms with van der Waals surface area (Å²) in [4.78, 5) is 66.2. The Labute approximate surface area is 365 Å². The number of Topliss-reactive ketones (excluding diaryl/α,β-unsaturated/α-hetero) is 1. The molecule has 14 heteroatoms. The number of carbonyl (C=O) groups excluding carboxylic acids is 4. The lowest BCUT2D eigenvalue weighted by Crippen LogP contribution is -3.00. The van der Waals surface area contributed by atoms with Crippen LogP contribution in [0.5, 0.6) is 11.5 Å². The summed E-state index contributed by atoms with van der Waals surface area (Å²) >= 11 is 0. The quantitative estimate of drug-likeness (QED) is 0.0243. The summed E-state index contributed by atoms with van der Waals surface area (Å²) in [6.45, 7) is 7.73. The number of ether oxygens (including phenoxy) is 3. The minimum atomic E-state index is -0.988. The number of β-lactam (4-membered cyclic amide) rings is 1. The Hall–Kier alpha value is -5.48. The molecule has 0 spiro atoms. The lowest BCUT2D eigenvalue weighted by atomic mass is 9.74. The number of carbonyl (C=O) groups is 4. The number of amides is 1. The number of halogens is 2. The summed E-state index contributed by atoms with van der Waals surface area (Å²) in [7, 11) is 2.03. The van der Waals surface area contributed by atoms with Gasteiger partial charge >= 0.3 is 11.9 Å². The van der Waals surface area contributed by atoms with Crippen molar-refractivity contribution in [1.82, 2.24) is 4.90 Å². The molecule has 0 radical (unpaired) electrons. The zero-order valence-corrected chi connectivity index (χ0v) is 36.0. The molecular formula is C46H47FIN3O9. The van der Waals surface area contributed by atoms with Crippen molar-refractivity contribution in [2.45, 2.75) is 52.9 Å². The molecule has 0 N–H and O–H groups in total. The molecule has 7 rings (SSSR count). The number of rotatable bonds is 15. The summed E-state index contributed by atoms with van der Waals surface area (Å²) in [5.41, 5.74) is 2.12. The highest BCUT2D eigenvalue weighted by Gasteiger charge is 2.60. The van der Waals surface area contributed by atoms with Gasteiger partial charge in [0.05, 0.1) is 48.1 Å². The van der Waals surface area contributed by atoms with E-state index in [1.54, 1.807) is 6.07 Å². The smallest absolute Gasteiger partial charge is 0.363 e. The van der Waals surface area contributed by atoms with Crippen LogP contribution < -0.4 is 33.5 Å². The average molecular weight is 932 g/mol. The number of benzene rings is 4. The Morgan fingerprint density at radius 1 is 0.900 bits per heavy atom. The van der Waals surface area contributed by atoms with Crippen molar-refractivity contribution in [2.75, 3.05) is 26.7 Å². The summed E-state index contributed by atoms with van der Waals surface area (Å²) < 4.78 is 34.1. The zero-order valence-electron chi connectivity index (χ0n) is 33.8. The zero-order chi connectivity index (χ0) is 42.0. The van der Waals surface area contributed by atoms with Gasteiger partial charge in [0, 0.05) is 42.4 Å². The first-order chi connectivity index (χ1) is 28.2. The highest BCUT2D eigenvalue weighted by atomic mass is 127. The van der Waals surface area contributed by atoms with Crippen LogP contribution in [0.3, 0.4) is 0 Å². The van der Waals surface area contributed by atoms with Crippen LogP contribution in [-0.2, 0) is 27.5 Å². The predicted octanol–water partition coefficient (Wildman–Crippen LogP) is 4.71. The number of likely N-dealkylation sites (N-methyl/N-ethyl adjacent to an activating group) is 1. The molecule has 0 aliphatic carbocycles. The van der Waals surface area contributed by atoms with Crippen LogP contribution in [-0.4, -0.2) is 70.7 Å². The van der Waals surface area contributed by atoms with E-state index in [0.29, 0.717) is 36.1 Å². The van der Waals surface area contributed by atoms with E-state index in [0.717, 1.165) is 23.3 Å². The second kappa shape index (κ2) is 18.4. The minimum absolute atomic E-state index is 0. The lowest BCUT2D eigenvalue weighted by Gasteiger charge is -2.47. The first kappa shape index (κ1) is 44.1. The first-order valence-electron chi connectivity index (χ1n) is 19.8. The van der Waals surface area contributed by atoms with Crippen LogP contribution >= 0.6 is 0 Å². The van der Waals surface area contributed by atoms with Crippen LogP contribution in [0.1, 0.15) is 65.5 Å². The fourth-order valence-corrected chi connectivity index (χ4v) is 8.80. The molecule has 0 aromatic heterocycles. The molecule has 3 aliphatic heterocycles. The largest absolute Gasteiger partial charge is 1.00 e. The van der Waals surface area contributed by atoms with Gasteiger partial charge in [0.1, 0.15) is 25.5 Å². The normalized spacial score (nSPS) is 21.8. The number of likely N-dealkylation sites (tertiary alicyclic amines) is 1. The van der Waals surface area contributed by atoms with E-state index in [-0.39, 0.29) is 119 Å². The van der Waals surface area contributed by atoms with Gasteiger partial charge in [-0.25, -0.2) is 14.0 Å². The van der Waals surface area contributed by atoms with Crippen molar-refractivity contribution in [1.29, 1.82) is 0 Å². The molecule has 5 atom stereocenters. The predicted molar refractivity (Wildman–Crippen MR) is 214 cm³/mol. The van der Waals surface area contributed by atoms with E-state index in [2.05, 4.69) is 0 Å². The molecule has 4 aromatic carbocycles. The summed E-state index contributed by atoms with van der Waals surface area (Å²) in [5.74, 6) is -3.84. The van der Waals surface area contributed by atoms with Gasteiger partial charge in [-0.3, -0.25) is 19.7 Å². The highest BCUT2D eigenvalue weighted by Crippen LogP contribution is 2.49. The number of hydrogen-bond acceptors (Lipinski definition) is 9. The van der Waals surface area contributed by atoms with E-state index in [4.69, 9.17) is 14.2 Å². The average Bonchev–Trinajstić information content (AvgIpc) is 3.70. The Morgan fingerprint density at radius 3 is 2.12 bits per heavy atom. The SMILES string of the molecule is CC(C)[C@H]1C(=O)N2C(C(=O)OC(=O)c3ccc([N+](=O)[O-])cc3)=C(C[N+]3(C)CC[C@@H](CC(=O)c4ccc(OCc5ccccc5)c(OCc5ccccc5)c4F)C3)[C@H](C)[C@H]12.[I-]. The van der Waals surface area contributed by atoms with Crippen molar-refractivity contribution in [3.8, 4) is 11.5 Å². The number of fused-ring (bicyclic) bond motifs is 1. The molecule has 314 valence electrons. The topological polar surface area (TPSA) is 142 Å². The summed E-state index contributed by atoms with van der Waals surface area (Å²) in [5, 5.41) is 11.1. The van der Waals surface area contributed by atoms with Gasteiger partial charge in [-0.05, 0) is 41.3 Å².